The van der Waals surface area contributed by atoms with Gasteiger partial charge in [0.05, 0.1) is 5.69 Å². The van der Waals surface area contributed by atoms with Gasteiger partial charge in [0.2, 0.25) is 5.91 Å². The van der Waals surface area contributed by atoms with E-state index >= 15 is 0 Å². The Kier molecular flexibility index (Phi) is 4.47. The minimum atomic E-state index is -0.237. The molecule has 2 aromatic heterocycles. The molecule has 0 aliphatic rings. The summed E-state index contributed by atoms with van der Waals surface area (Å²) in [5.74, 6) is 0.284. The maximum Gasteiger partial charge on any atom is 0.244 e. The molecule has 0 bridgehead atoms. The lowest BCUT2D eigenvalue weighted by molar-refractivity contribution is -0.116. The Morgan fingerprint density at radius 1 is 1.04 bits per heavy atom. The lowest BCUT2D eigenvalue weighted by Crippen LogP contribution is -2.20. The molecule has 0 atom stereocenters. The molecule has 6 nitrogen and oxygen atoms in total. The van der Waals surface area contributed by atoms with E-state index in [2.05, 4.69) is 15.3 Å². The predicted molar refractivity (Wildman–Crippen MR) is 90.5 cm³/mol. The van der Waals surface area contributed by atoms with Crippen molar-refractivity contribution >= 4 is 17.4 Å². The van der Waals surface area contributed by atoms with Gasteiger partial charge >= 0.3 is 0 Å². The fraction of sp³-hybridized carbons (Fsp3) is 0.111. The number of anilines is 1. The van der Waals surface area contributed by atoms with Gasteiger partial charge in [0.1, 0.15) is 12.2 Å². The van der Waals surface area contributed by atoms with Gasteiger partial charge < -0.3 is 9.88 Å². The Morgan fingerprint density at radius 3 is 2.58 bits per heavy atom. The number of Topliss-reactive ketones (excluding diaryl/α,β-unsaturated/α-hetero) is 1. The molecule has 0 saturated carbocycles. The molecule has 1 amide bonds. The first-order valence-electron chi connectivity index (χ1n) is 7.47. The number of pyridine rings is 1. The molecule has 2 heterocycles. The van der Waals surface area contributed by atoms with Crippen LogP contribution in [-0.4, -0.2) is 26.2 Å². The Hall–Kier alpha value is -3.28. The van der Waals surface area contributed by atoms with Gasteiger partial charge in [-0.3, -0.25) is 14.6 Å². The van der Waals surface area contributed by atoms with Crippen LogP contribution in [0.25, 0.3) is 11.5 Å². The summed E-state index contributed by atoms with van der Waals surface area (Å²) in [6.07, 6.45) is 5.03. The lowest BCUT2D eigenvalue weighted by atomic mass is 10.1. The molecule has 0 aliphatic carbocycles. The molecule has 0 aliphatic heterocycles. The van der Waals surface area contributed by atoms with Crippen LogP contribution in [0.4, 0.5) is 5.69 Å². The van der Waals surface area contributed by atoms with Gasteiger partial charge in [-0.1, -0.05) is 18.2 Å². The van der Waals surface area contributed by atoms with Crippen LogP contribution in [0.2, 0.25) is 0 Å². The third-order valence-electron chi connectivity index (χ3n) is 3.50. The van der Waals surface area contributed by atoms with E-state index < -0.39 is 0 Å². The summed E-state index contributed by atoms with van der Waals surface area (Å²) in [7, 11) is 0. The summed E-state index contributed by atoms with van der Waals surface area (Å²) in [4.78, 5) is 32.5. The van der Waals surface area contributed by atoms with Crippen LogP contribution in [0, 0.1) is 0 Å². The molecule has 1 N–H and O–H groups in total. The number of imidazole rings is 1. The molecule has 0 unspecified atom stereocenters. The average Bonchev–Trinajstić information content (AvgIpc) is 3.04. The number of rotatable bonds is 5. The summed E-state index contributed by atoms with van der Waals surface area (Å²) in [6, 6.07) is 12.5. The number of carbonyl (C=O) groups is 2. The third-order valence-corrected chi connectivity index (χ3v) is 3.50. The van der Waals surface area contributed by atoms with E-state index in [1.807, 2.05) is 18.2 Å². The van der Waals surface area contributed by atoms with Crippen molar-refractivity contribution in [1.82, 2.24) is 14.5 Å². The van der Waals surface area contributed by atoms with E-state index in [-0.39, 0.29) is 18.2 Å². The Morgan fingerprint density at radius 2 is 1.83 bits per heavy atom. The van der Waals surface area contributed by atoms with Gasteiger partial charge in [0.15, 0.2) is 11.6 Å². The minimum absolute atomic E-state index is 0.0815. The van der Waals surface area contributed by atoms with Gasteiger partial charge in [-0.25, -0.2) is 4.98 Å². The van der Waals surface area contributed by atoms with Crippen LogP contribution in [0.15, 0.2) is 61.1 Å². The van der Waals surface area contributed by atoms with Crippen molar-refractivity contribution in [2.24, 2.45) is 0 Å². The van der Waals surface area contributed by atoms with Crippen LogP contribution in [0.3, 0.4) is 0 Å². The topological polar surface area (TPSA) is 76.9 Å². The summed E-state index contributed by atoms with van der Waals surface area (Å²) < 4.78 is 1.72. The zero-order valence-electron chi connectivity index (χ0n) is 13.1. The zero-order chi connectivity index (χ0) is 16.9. The van der Waals surface area contributed by atoms with Crippen LogP contribution in [-0.2, 0) is 11.3 Å². The van der Waals surface area contributed by atoms with Crippen molar-refractivity contribution in [2.45, 2.75) is 13.5 Å². The third kappa shape index (κ3) is 3.38. The second-order valence-electron chi connectivity index (χ2n) is 5.24. The van der Waals surface area contributed by atoms with Gasteiger partial charge in [-0.2, -0.15) is 0 Å². The first-order valence-corrected chi connectivity index (χ1v) is 7.47. The number of hydrogen-bond acceptors (Lipinski definition) is 4. The monoisotopic (exact) mass is 320 g/mol. The van der Waals surface area contributed by atoms with Crippen LogP contribution < -0.4 is 5.32 Å². The lowest BCUT2D eigenvalue weighted by Gasteiger charge is -2.11. The highest BCUT2D eigenvalue weighted by atomic mass is 16.2. The van der Waals surface area contributed by atoms with Crippen molar-refractivity contribution in [3.63, 3.8) is 0 Å². The quantitative estimate of drug-likeness (QED) is 0.733. The van der Waals surface area contributed by atoms with Gasteiger partial charge in [-0.05, 0) is 31.2 Å². The molecule has 0 fully saturated rings. The van der Waals surface area contributed by atoms with Crippen LogP contribution in [0.5, 0.6) is 0 Å². The van der Waals surface area contributed by atoms with E-state index in [9.17, 15) is 9.59 Å². The highest BCUT2D eigenvalue weighted by molar-refractivity contribution is 6.03. The second-order valence-corrected chi connectivity index (χ2v) is 5.24. The van der Waals surface area contributed by atoms with E-state index in [1.54, 1.807) is 47.4 Å². The first-order chi connectivity index (χ1) is 11.6. The summed E-state index contributed by atoms with van der Waals surface area (Å²) >= 11 is 0. The molecule has 120 valence electrons. The maximum atomic E-state index is 12.3. The number of nitrogens with one attached hydrogen (secondary N) is 1. The highest BCUT2D eigenvalue weighted by Crippen LogP contribution is 2.17. The van der Waals surface area contributed by atoms with E-state index in [0.29, 0.717) is 22.8 Å². The van der Waals surface area contributed by atoms with E-state index in [0.717, 1.165) is 0 Å². The van der Waals surface area contributed by atoms with Crippen LogP contribution in [0.1, 0.15) is 17.3 Å². The Bertz CT molecular complexity index is 871. The summed E-state index contributed by atoms with van der Waals surface area (Å²) in [6.45, 7) is 1.55. The fourth-order valence-corrected chi connectivity index (χ4v) is 2.41. The number of hydrogen-bond donors (Lipinski definition) is 1. The Balaban J connectivity index is 1.78. The fourth-order valence-electron chi connectivity index (χ4n) is 2.41. The summed E-state index contributed by atoms with van der Waals surface area (Å²) in [5, 5.41) is 2.78. The van der Waals surface area contributed by atoms with Crippen molar-refractivity contribution in [3.8, 4) is 11.5 Å². The minimum Gasteiger partial charge on any atom is -0.324 e. The molecule has 0 radical (unpaired) electrons. The highest BCUT2D eigenvalue weighted by Gasteiger charge is 2.13. The largest absolute Gasteiger partial charge is 0.324 e. The smallest absolute Gasteiger partial charge is 0.244 e. The number of para-hydroxylation sites is 1. The molecule has 0 saturated heterocycles. The number of aromatic nitrogens is 3. The normalized spacial score (nSPS) is 10.4. The van der Waals surface area contributed by atoms with Gasteiger partial charge in [0, 0.05) is 24.2 Å². The number of benzene rings is 1. The molecule has 6 heteroatoms. The van der Waals surface area contributed by atoms with E-state index in [4.69, 9.17) is 0 Å². The number of carbonyl (C=O) groups excluding carboxylic acids is 2. The van der Waals surface area contributed by atoms with Gasteiger partial charge in [-0.15, -0.1) is 0 Å². The molecular weight excluding hydrogens is 304 g/mol. The second kappa shape index (κ2) is 6.87. The average molecular weight is 320 g/mol. The van der Waals surface area contributed by atoms with Gasteiger partial charge in [0.25, 0.3) is 0 Å². The number of nitrogens with zero attached hydrogens (tertiary/aromatic N) is 3. The molecule has 0 spiro atoms. The van der Waals surface area contributed by atoms with Crippen LogP contribution >= 0.6 is 0 Å². The SMILES string of the molecule is CC(=O)c1ccccc1NC(=O)Cn1ccnc1-c1ccccn1. The van der Waals surface area contributed by atoms with Crippen molar-refractivity contribution < 1.29 is 9.59 Å². The van der Waals surface area contributed by atoms with Crippen molar-refractivity contribution in [1.29, 1.82) is 0 Å². The number of amides is 1. The summed E-state index contributed by atoms with van der Waals surface area (Å²) in [5.41, 5.74) is 1.69. The standard InChI is InChI=1S/C18H16N4O2/c1-13(23)14-6-2-3-7-15(14)21-17(24)12-22-11-10-20-18(22)16-8-4-5-9-19-16/h2-11H,12H2,1H3,(H,21,24). The molecular formula is C18H16N4O2. The predicted octanol–water partition coefficient (Wildman–Crippen LogP) is 2.79. The molecule has 24 heavy (non-hydrogen) atoms. The molecule has 3 rings (SSSR count). The van der Waals surface area contributed by atoms with Crippen molar-refractivity contribution in [3.05, 3.63) is 66.6 Å². The Labute approximate surface area is 139 Å². The van der Waals surface area contributed by atoms with E-state index in [1.165, 1.54) is 6.92 Å². The molecule has 1 aromatic carbocycles. The van der Waals surface area contributed by atoms with Crippen molar-refractivity contribution in [2.75, 3.05) is 5.32 Å². The molecule has 3 aromatic rings. The maximum absolute atomic E-state index is 12.3. The number of ketones is 1. The first kappa shape index (κ1) is 15.6. The zero-order valence-corrected chi connectivity index (χ0v) is 13.1.